The van der Waals surface area contributed by atoms with Crippen molar-refractivity contribution in [3.05, 3.63) is 39.3 Å². The summed E-state index contributed by atoms with van der Waals surface area (Å²) >= 11 is 9.66. The predicted molar refractivity (Wildman–Crippen MR) is 91.6 cm³/mol. The van der Waals surface area contributed by atoms with Gasteiger partial charge in [0.15, 0.2) is 0 Å². The number of nitrogens with one attached hydrogen (secondary N) is 1. The van der Waals surface area contributed by atoms with Gasteiger partial charge in [0.05, 0.1) is 17.5 Å². The molecule has 2 aromatic rings. The first-order valence-electron chi connectivity index (χ1n) is 6.52. The smallest absolute Gasteiger partial charge is 0.239 e. The number of aromatic nitrogens is 1. The van der Waals surface area contributed by atoms with Crippen LogP contribution in [0.25, 0.3) is 0 Å². The number of nitrogens with zero attached hydrogens (tertiary/aromatic N) is 1. The molecule has 0 bridgehead atoms. The average molecular weight is 371 g/mol. The quantitative estimate of drug-likeness (QED) is 0.802. The maximum atomic E-state index is 6.15. The van der Waals surface area contributed by atoms with Gasteiger partial charge in [0.1, 0.15) is 5.82 Å². The van der Waals surface area contributed by atoms with E-state index in [-0.39, 0.29) is 6.10 Å². The molecule has 0 amide bonds. The third-order valence-corrected chi connectivity index (χ3v) is 3.81. The fourth-order valence-electron chi connectivity index (χ4n) is 1.72. The molecule has 0 aliphatic heterocycles. The van der Waals surface area contributed by atoms with Crippen molar-refractivity contribution in [2.45, 2.75) is 26.9 Å². The first kappa shape index (κ1) is 15.9. The number of ether oxygens (including phenoxy) is 1. The Balaban J connectivity index is 2.30. The fraction of sp³-hybridized carbons (Fsp3) is 0.267. The molecule has 112 valence electrons. The van der Waals surface area contributed by atoms with Gasteiger partial charge in [0.2, 0.25) is 5.88 Å². The Morgan fingerprint density at radius 3 is 2.71 bits per heavy atom. The standard InChI is InChI=1S/C15H17BrClN3O/c1-8(2)21-15-12(18)4-5-14(20-15)19-13-7-11(17)9(3)6-10(13)16/h4-8H,18H2,1-3H3,(H,19,20). The zero-order chi connectivity index (χ0) is 15.6. The molecule has 1 aromatic carbocycles. The molecule has 0 aliphatic rings. The number of aryl methyl sites for hydroxylation is 1. The number of anilines is 3. The van der Waals surface area contributed by atoms with Gasteiger partial charge < -0.3 is 15.8 Å². The summed E-state index contributed by atoms with van der Waals surface area (Å²) < 4.78 is 6.49. The van der Waals surface area contributed by atoms with Crippen LogP contribution in [0.4, 0.5) is 17.2 Å². The van der Waals surface area contributed by atoms with E-state index >= 15 is 0 Å². The maximum absolute atomic E-state index is 6.15. The molecule has 0 atom stereocenters. The first-order valence-corrected chi connectivity index (χ1v) is 7.69. The fourth-order valence-corrected chi connectivity index (χ4v) is 2.44. The Morgan fingerprint density at radius 1 is 1.33 bits per heavy atom. The molecule has 0 spiro atoms. The second-order valence-electron chi connectivity index (χ2n) is 4.96. The Bertz CT molecular complexity index is 662. The SMILES string of the molecule is Cc1cc(Br)c(Nc2ccc(N)c(OC(C)C)n2)cc1Cl. The number of nitrogen functional groups attached to an aromatic ring is 1. The molecule has 0 radical (unpaired) electrons. The van der Waals surface area contributed by atoms with E-state index in [1.54, 1.807) is 12.1 Å². The van der Waals surface area contributed by atoms with Gasteiger partial charge in [-0.05, 0) is 66.5 Å². The van der Waals surface area contributed by atoms with E-state index in [1.807, 2.05) is 32.9 Å². The summed E-state index contributed by atoms with van der Waals surface area (Å²) in [5.41, 5.74) is 8.20. The Morgan fingerprint density at radius 2 is 2.05 bits per heavy atom. The number of halogens is 2. The highest BCUT2D eigenvalue weighted by Crippen LogP contribution is 2.32. The molecule has 6 heteroatoms. The summed E-state index contributed by atoms with van der Waals surface area (Å²) in [6.07, 6.45) is 0.00982. The van der Waals surface area contributed by atoms with Gasteiger partial charge in [0.25, 0.3) is 0 Å². The van der Waals surface area contributed by atoms with Gasteiger partial charge in [-0.25, -0.2) is 0 Å². The van der Waals surface area contributed by atoms with Gasteiger partial charge in [-0.2, -0.15) is 4.98 Å². The minimum absolute atomic E-state index is 0.00982. The largest absolute Gasteiger partial charge is 0.473 e. The lowest BCUT2D eigenvalue weighted by Crippen LogP contribution is -2.09. The highest BCUT2D eigenvalue weighted by atomic mass is 79.9. The molecule has 3 N–H and O–H groups in total. The molecular weight excluding hydrogens is 354 g/mol. The normalized spacial score (nSPS) is 10.8. The zero-order valence-electron chi connectivity index (χ0n) is 12.1. The van der Waals surface area contributed by atoms with Gasteiger partial charge in [-0.3, -0.25) is 0 Å². The molecule has 0 fully saturated rings. The minimum Gasteiger partial charge on any atom is -0.473 e. The van der Waals surface area contributed by atoms with Crippen molar-refractivity contribution in [1.29, 1.82) is 0 Å². The molecule has 1 aromatic heterocycles. The van der Waals surface area contributed by atoms with Crippen LogP contribution in [0.15, 0.2) is 28.7 Å². The number of rotatable bonds is 4. The number of hydrogen-bond acceptors (Lipinski definition) is 4. The molecule has 0 saturated heterocycles. The van der Waals surface area contributed by atoms with Gasteiger partial charge >= 0.3 is 0 Å². The topological polar surface area (TPSA) is 60.2 Å². The first-order chi connectivity index (χ1) is 9.86. The summed E-state index contributed by atoms with van der Waals surface area (Å²) in [7, 11) is 0. The lowest BCUT2D eigenvalue weighted by molar-refractivity contribution is 0.234. The van der Waals surface area contributed by atoms with Gasteiger partial charge in [-0.1, -0.05) is 11.6 Å². The Kier molecular flexibility index (Phi) is 4.96. The lowest BCUT2D eigenvalue weighted by atomic mass is 10.2. The van der Waals surface area contributed by atoms with E-state index in [0.29, 0.717) is 22.4 Å². The van der Waals surface area contributed by atoms with Crippen molar-refractivity contribution in [2.75, 3.05) is 11.1 Å². The number of hydrogen-bond donors (Lipinski definition) is 2. The van der Waals surface area contributed by atoms with Crippen LogP contribution in [0.5, 0.6) is 5.88 Å². The highest BCUT2D eigenvalue weighted by Gasteiger charge is 2.09. The van der Waals surface area contributed by atoms with Crippen molar-refractivity contribution < 1.29 is 4.74 Å². The van der Waals surface area contributed by atoms with Crippen LogP contribution in [0.1, 0.15) is 19.4 Å². The van der Waals surface area contributed by atoms with E-state index in [2.05, 4.69) is 26.2 Å². The van der Waals surface area contributed by atoms with Crippen LogP contribution in [-0.2, 0) is 0 Å². The number of pyridine rings is 1. The van der Waals surface area contributed by atoms with Crippen LogP contribution < -0.4 is 15.8 Å². The van der Waals surface area contributed by atoms with E-state index in [1.165, 1.54) is 0 Å². The minimum atomic E-state index is 0.00982. The van der Waals surface area contributed by atoms with Crippen LogP contribution >= 0.6 is 27.5 Å². The van der Waals surface area contributed by atoms with Crippen molar-refractivity contribution >= 4 is 44.7 Å². The summed E-state index contributed by atoms with van der Waals surface area (Å²) in [5, 5.41) is 3.89. The molecule has 1 heterocycles. The summed E-state index contributed by atoms with van der Waals surface area (Å²) in [6, 6.07) is 7.36. The second kappa shape index (κ2) is 6.54. The van der Waals surface area contributed by atoms with E-state index in [4.69, 9.17) is 22.1 Å². The van der Waals surface area contributed by atoms with Crippen LogP contribution in [0.3, 0.4) is 0 Å². The molecular formula is C15H17BrClN3O. The number of benzene rings is 1. The van der Waals surface area contributed by atoms with Crippen LogP contribution in [-0.4, -0.2) is 11.1 Å². The van der Waals surface area contributed by atoms with Crippen molar-refractivity contribution in [3.63, 3.8) is 0 Å². The Hall–Kier alpha value is -1.46. The molecule has 0 unspecified atom stereocenters. The second-order valence-corrected chi connectivity index (χ2v) is 6.23. The lowest BCUT2D eigenvalue weighted by Gasteiger charge is -2.14. The van der Waals surface area contributed by atoms with Gasteiger partial charge in [0, 0.05) is 9.50 Å². The van der Waals surface area contributed by atoms with Crippen LogP contribution in [0, 0.1) is 6.92 Å². The summed E-state index contributed by atoms with van der Waals surface area (Å²) in [6.45, 7) is 5.81. The third-order valence-electron chi connectivity index (χ3n) is 2.75. The monoisotopic (exact) mass is 369 g/mol. The maximum Gasteiger partial charge on any atom is 0.239 e. The highest BCUT2D eigenvalue weighted by molar-refractivity contribution is 9.10. The Labute approximate surface area is 137 Å². The molecule has 0 aliphatic carbocycles. The van der Waals surface area contributed by atoms with E-state index in [0.717, 1.165) is 15.7 Å². The third kappa shape index (κ3) is 4.02. The molecule has 4 nitrogen and oxygen atoms in total. The van der Waals surface area contributed by atoms with Crippen molar-refractivity contribution in [2.24, 2.45) is 0 Å². The average Bonchev–Trinajstić information content (AvgIpc) is 2.39. The zero-order valence-corrected chi connectivity index (χ0v) is 14.4. The van der Waals surface area contributed by atoms with Crippen molar-refractivity contribution in [3.8, 4) is 5.88 Å². The summed E-state index contributed by atoms with van der Waals surface area (Å²) in [5.74, 6) is 1.06. The van der Waals surface area contributed by atoms with Crippen molar-refractivity contribution in [1.82, 2.24) is 4.98 Å². The molecule has 0 saturated carbocycles. The molecule has 2 rings (SSSR count). The summed E-state index contributed by atoms with van der Waals surface area (Å²) in [4.78, 5) is 4.38. The van der Waals surface area contributed by atoms with E-state index < -0.39 is 0 Å². The van der Waals surface area contributed by atoms with Crippen LogP contribution in [0.2, 0.25) is 5.02 Å². The van der Waals surface area contributed by atoms with Gasteiger partial charge in [-0.15, -0.1) is 0 Å². The molecule has 21 heavy (non-hydrogen) atoms. The number of nitrogens with two attached hydrogens (primary N) is 1. The predicted octanol–water partition coefficient (Wildman–Crippen LogP) is 4.92. The van der Waals surface area contributed by atoms with E-state index in [9.17, 15) is 0 Å².